The van der Waals surface area contributed by atoms with Gasteiger partial charge in [0.1, 0.15) is 23.6 Å². The monoisotopic (exact) mass is 369 g/mol. The van der Waals surface area contributed by atoms with E-state index < -0.39 is 29.8 Å². The molecule has 1 aliphatic rings. The van der Waals surface area contributed by atoms with Crippen LogP contribution in [-0.4, -0.2) is 27.6 Å². The number of fused-ring (bicyclic) bond motifs is 1. The van der Waals surface area contributed by atoms with Crippen LogP contribution in [0.15, 0.2) is 27.6 Å². The molecule has 0 bridgehead atoms. The molecule has 1 aliphatic carbocycles. The van der Waals surface area contributed by atoms with Gasteiger partial charge in [0.15, 0.2) is 0 Å². The molecule has 140 valence electrons. The minimum atomic E-state index is -4.76. The van der Waals surface area contributed by atoms with Gasteiger partial charge in [-0.3, -0.25) is 9.59 Å². The fourth-order valence-electron chi connectivity index (χ4n) is 3.03. The zero-order valence-electron chi connectivity index (χ0n) is 14.2. The van der Waals surface area contributed by atoms with Gasteiger partial charge in [0, 0.05) is 25.2 Å². The van der Waals surface area contributed by atoms with Crippen molar-refractivity contribution >= 4 is 5.91 Å². The maximum Gasteiger partial charge on any atom is 0.421 e. The molecule has 1 amide bonds. The first kappa shape index (κ1) is 18.2. The molecular weight excluding hydrogens is 351 g/mol. The summed E-state index contributed by atoms with van der Waals surface area (Å²) in [6.07, 6.45) is 0.131. The Labute approximate surface area is 147 Å². The number of alkyl halides is 3. The van der Waals surface area contributed by atoms with E-state index in [2.05, 4.69) is 5.16 Å². The van der Waals surface area contributed by atoms with Crippen LogP contribution < -0.4 is 5.56 Å². The van der Waals surface area contributed by atoms with Crippen LogP contribution in [0.5, 0.6) is 0 Å². The van der Waals surface area contributed by atoms with Gasteiger partial charge in [0.05, 0.1) is 6.54 Å². The van der Waals surface area contributed by atoms with E-state index in [0.717, 1.165) is 47.6 Å². The number of rotatable bonds is 4. The number of carbonyl (C=O) groups excluding carboxylic acids is 1. The number of hydrogen-bond donors (Lipinski definition) is 0. The summed E-state index contributed by atoms with van der Waals surface area (Å²) >= 11 is 0. The first-order valence-corrected chi connectivity index (χ1v) is 8.24. The summed E-state index contributed by atoms with van der Waals surface area (Å²) < 4.78 is 44.5. The van der Waals surface area contributed by atoms with E-state index in [1.54, 1.807) is 0 Å². The Kier molecular flexibility index (Phi) is 4.88. The summed E-state index contributed by atoms with van der Waals surface area (Å²) in [5.41, 5.74) is -0.860. The van der Waals surface area contributed by atoms with Crippen molar-refractivity contribution in [2.24, 2.45) is 0 Å². The van der Waals surface area contributed by atoms with E-state index in [0.29, 0.717) is 11.8 Å². The molecule has 9 heteroatoms. The number of likely N-dealkylation sites (N-methyl/N-ethyl adjacent to an activating group) is 1. The Morgan fingerprint density at radius 3 is 2.81 bits per heavy atom. The highest BCUT2D eigenvalue weighted by molar-refractivity contribution is 5.75. The maximum absolute atomic E-state index is 12.8. The SMILES string of the molecule is CN(Cc1noc2c1CCCC2)C(=O)Cn1cccc(C(F)(F)F)c1=O. The first-order chi connectivity index (χ1) is 12.3. The van der Waals surface area contributed by atoms with Gasteiger partial charge in [-0.25, -0.2) is 0 Å². The van der Waals surface area contributed by atoms with Crippen LogP contribution in [-0.2, 0) is 36.9 Å². The zero-order chi connectivity index (χ0) is 18.9. The summed E-state index contributed by atoms with van der Waals surface area (Å²) in [5, 5.41) is 4.01. The van der Waals surface area contributed by atoms with E-state index in [1.165, 1.54) is 18.1 Å². The van der Waals surface area contributed by atoms with Crippen molar-refractivity contribution in [3.8, 4) is 0 Å². The molecule has 6 nitrogen and oxygen atoms in total. The Morgan fingerprint density at radius 1 is 1.35 bits per heavy atom. The lowest BCUT2D eigenvalue weighted by atomic mass is 9.96. The quantitative estimate of drug-likeness (QED) is 0.830. The fraction of sp³-hybridized carbons (Fsp3) is 0.471. The van der Waals surface area contributed by atoms with Crippen LogP contribution >= 0.6 is 0 Å². The average molecular weight is 369 g/mol. The molecular formula is C17H18F3N3O3. The van der Waals surface area contributed by atoms with Crippen molar-refractivity contribution in [1.29, 1.82) is 0 Å². The summed E-state index contributed by atoms with van der Waals surface area (Å²) in [4.78, 5) is 25.6. The molecule has 0 unspecified atom stereocenters. The molecule has 0 atom stereocenters. The molecule has 0 N–H and O–H groups in total. The van der Waals surface area contributed by atoms with E-state index in [-0.39, 0.29) is 6.54 Å². The molecule has 0 aromatic carbocycles. The van der Waals surface area contributed by atoms with Gasteiger partial charge in [0.2, 0.25) is 5.91 Å². The summed E-state index contributed by atoms with van der Waals surface area (Å²) in [7, 11) is 1.52. The van der Waals surface area contributed by atoms with Gasteiger partial charge < -0.3 is 14.0 Å². The highest BCUT2D eigenvalue weighted by atomic mass is 19.4. The Bertz CT molecular complexity index is 870. The number of halogens is 3. The van der Waals surface area contributed by atoms with Gasteiger partial charge in [-0.1, -0.05) is 5.16 Å². The van der Waals surface area contributed by atoms with Crippen molar-refractivity contribution in [1.82, 2.24) is 14.6 Å². The number of pyridine rings is 1. The van der Waals surface area contributed by atoms with Crippen molar-refractivity contribution in [2.45, 2.75) is 44.9 Å². The second kappa shape index (κ2) is 6.97. The lowest BCUT2D eigenvalue weighted by Crippen LogP contribution is -2.35. The lowest BCUT2D eigenvalue weighted by molar-refractivity contribution is -0.139. The average Bonchev–Trinajstić information content (AvgIpc) is 2.98. The first-order valence-electron chi connectivity index (χ1n) is 8.24. The van der Waals surface area contributed by atoms with Crippen molar-refractivity contribution in [3.63, 3.8) is 0 Å². The number of nitrogens with zero attached hydrogens (tertiary/aromatic N) is 3. The molecule has 2 aromatic heterocycles. The highest BCUT2D eigenvalue weighted by Gasteiger charge is 2.34. The molecule has 0 saturated carbocycles. The highest BCUT2D eigenvalue weighted by Crippen LogP contribution is 2.26. The molecule has 2 aromatic rings. The third-order valence-electron chi connectivity index (χ3n) is 4.48. The van der Waals surface area contributed by atoms with Crippen molar-refractivity contribution < 1.29 is 22.5 Å². The fourth-order valence-corrected chi connectivity index (χ4v) is 3.03. The number of hydrogen-bond acceptors (Lipinski definition) is 4. The molecule has 0 radical (unpaired) electrons. The molecule has 2 heterocycles. The molecule has 0 saturated heterocycles. The van der Waals surface area contributed by atoms with E-state index in [9.17, 15) is 22.8 Å². The van der Waals surface area contributed by atoms with Crippen LogP contribution in [0.25, 0.3) is 0 Å². The van der Waals surface area contributed by atoms with Gasteiger partial charge in [-0.2, -0.15) is 13.2 Å². The molecule has 0 spiro atoms. The Hall–Kier alpha value is -2.58. The number of amides is 1. The van der Waals surface area contributed by atoms with Crippen molar-refractivity contribution in [2.75, 3.05) is 7.05 Å². The normalized spacial score (nSPS) is 14.2. The van der Waals surface area contributed by atoms with Gasteiger partial charge in [-0.05, 0) is 31.4 Å². The largest absolute Gasteiger partial charge is 0.421 e. The van der Waals surface area contributed by atoms with Crippen LogP contribution in [0.2, 0.25) is 0 Å². The molecule has 0 fully saturated rings. The summed E-state index contributed by atoms with van der Waals surface area (Å²) in [5.74, 6) is 0.347. The minimum Gasteiger partial charge on any atom is -0.361 e. The lowest BCUT2D eigenvalue weighted by Gasteiger charge is -2.18. The van der Waals surface area contributed by atoms with Crippen LogP contribution in [0.3, 0.4) is 0 Å². The summed E-state index contributed by atoms with van der Waals surface area (Å²) in [6.45, 7) is -0.287. The topological polar surface area (TPSA) is 68.3 Å². The second-order valence-corrected chi connectivity index (χ2v) is 6.34. The number of aromatic nitrogens is 2. The van der Waals surface area contributed by atoms with E-state index >= 15 is 0 Å². The number of carbonyl (C=O) groups is 1. The van der Waals surface area contributed by atoms with Gasteiger partial charge >= 0.3 is 6.18 Å². The summed E-state index contributed by atoms with van der Waals surface area (Å²) in [6, 6.07) is 1.81. The predicted molar refractivity (Wildman–Crippen MR) is 85.3 cm³/mol. The van der Waals surface area contributed by atoms with Crippen molar-refractivity contribution in [3.05, 3.63) is 51.3 Å². The molecule has 3 rings (SSSR count). The van der Waals surface area contributed by atoms with Crippen LogP contribution in [0, 0.1) is 0 Å². The standard InChI is InChI=1S/C17H18F3N3O3/c1-22(9-13-11-5-2-3-7-14(11)26-21-13)15(24)10-23-8-4-6-12(16(23)25)17(18,19)20/h4,6,8H,2-3,5,7,9-10H2,1H3. The van der Waals surface area contributed by atoms with E-state index in [4.69, 9.17) is 4.52 Å². The van der Waals surface area contributed by atoms with E-state index in [1.807, 2.05) is 0 Å². The predicted octanol–water partition coefficient (Wildman–Crippen LogP) is 2.39. The maximum atomic E-state index is 12.8. The third kappa shape index (κ3) is 3.66. The van der Waals surface area contributed by atoms with Gasteiger partial charge in [-0.15, -0.1) is 0 Å². The third-order valence-corrected chi connectivity index (χ3v) is 4.48. The van der Waals surface area contributed by atoms with Crippen LogP contribution in [0.4, 0.5) is 13.2 Å². The van der Waals surface area contributed by atoms with Crippen LogP contribution in [0.1, 0.15) is 35.4 Å². The smallest absolute Gasteiger partial charge is 0.361 e. The zero-order valence-corrected chi connectivity index (χ0v) is 14.2. The Balaban J connectivity index is 1.72. The Morgan fingerprint density at radius 2 is 2.08 bits per heavy atom. The molecule has 0 aliphatic heterocycles. The number of aryl methyl sites for hydroxylation is 1. The van der Waals surface area contributed by atoms with Gasteiger partial charge in [0.25, 0.3) is 5.56 Å². The second-order valence-electron chi connectivity index (χ2n) is 6.34. The molecule has 26 heavy (non-hydrogen) atoms. The minimum absolute atomic E-state index is 0.186.